The first-order valence-electron chi connectivity index (χ1n) is 7.56. The molecule has 0 bridgehead atoms. The van der Waals surface area contributed by atoms with Gasteiger partial charge in [-0.05, 0) is 43.0 Å². The number of fused-ring (bicyclic) bond motifs is 1. The average molecular weight is 292 g/mol. The van der Waals surface area contributed by atoms with E-state index in [1.807, 2.05) is 25.1 Å². The molecule has 2 aromatic carbocycles. The van der Waals surface area contributed by atoms with E-state index < -0.39 is 0 Å². The van der Waals surface area contributed by atoms with E-state index in [1.165, 1.54) is 11.1 Å². The van der Waals surface area contributed by atoms with Crippen molar-refractivity contribution in [1.29, 1.82) is 0 Å². The van der Waals surface area contributed by atoms with Gasteiger partial charge in [0.15, 0.2) is 0 Å². The van der Waals surface area contributed by atoms with Crippen LogP contribution < -0.4 is 5.32 Å². The predicted molar refractivity (Wildman–Crippen MR) is 90.3 cm³/mol. The Kier molecular flexibility index (Phi) is 3.96. The SMILES string of the molecule is Cc1ccc2c(C)c(C(=O)NCCc3ccccc3)[nH]c2c1. The molecule has 3 heteroatoms. The highest BCUT2D eigenvalue weighted by molar-refractivity contribution is 6.00. The minimum absolute atomic E-state index is 0.0396. The largest absolute Gasteiger partial charge is 0.350 e. The molecule has 0 radical (unpaired) electrons. The van der Waals surface area contributed by atoms with Gasteiger partial charge in [-0.1, -0.05) is 42.5 Å². The average Bonchev–Trinajstić information content (AvgIpc) is 2.84. The third-order valence-corrected chi connectivity index (χ3v) is 3.98. The van der Waals surface area contributed by atoms with Crippen molar-refractivity contribution in [3.05, 3.63) is 70.9 Å². The zero-order valence-corrected chi connectivity index (χ0v) is 12.9. The number of hydrogen-bond acceptors (Lipinski definition) is 1. The van der Waals surface area contributed by atoms with E-state index in [-0.39, 0.29) is 5.91 Å². The zero-order chi connectivity index (χ0) is 15.5. The minimum Gasteiger partial charge on any atom is -0.350 e. The van der Waals surface area contributed by atoms with Crippen molar-refractivity contribution in [2.24, 2.45) is 0 Å². The molecule has 0 aliphatic rings. The lowest BCUT2D eigenvalue weighted by molar-refractivity contribution is 0.0949. The van der Waals surface area contributed by atoms with Gasteiger partial charge in [0.25, 0.3) is 5.91 Å². The molecular weight excluding hydrogens is 272 g/mol. The number of benzene rings is 2. The van der Waals surface area contributed by atoms with Gasteiger partial charge in [-0.15, -0.1) is 0 Å². The van der Waals surface area contributed by atoms with Crippen LogP contribution in [-0.4, -0.2) is 17.4 Å². The third kappa shape index (κ3) is 2.89. The van der Waals surface area contributed by atoms with Crippen molar-refractivity contribution in [2.75, 3.05) is 6.54 Å². The predicted octanol–water partition coefficient (Wildman–Crippen LogP) is 3.76. The highest BCUT2D eigenvalue weighted by Gasteiger charge is 2.14. The topological polar surface area (TPSA) is 44.9 Å². The first-order chi connectivity index (χ1) is 10.6. The van der Waals surface area contributed by atoms with Crippen LogP contribution in [-0.2, 0) is 6.42 Å². The standard InChI is InChI=1S/C19H20N2O/c1-13-8-9-16-14(2)18(21-17(16)12-13)19(22)20-11-10-15-6-4-3-5-7-15/h3-9,12,21H,10-11H2,1-2H3,(H,20,22). The van der Waals surface area contributed by atoms with Gasteiger partial charge < -0.3 is 10.3 Å². The van der Waals surface area contributed by atoms with Gasteiger partial charge in [-0.3, -0.25) is 4.79 Å². The van der Waals surface area contributed by atoms with Crippen molar-refractivity contribution in [3.8, 4) is 0 Å². The lowest BCUT2D eigenvalue weighted by Gasteiger charge is -2.05. The molecule has 0 aliphatic heterocycles. The first kappa shape index (κ1) is 14.4. The Labute approximate surface area is 130 Å². The number of aryl methyl sites for hydroxylation is 2. The Morgan fingerprint density at radius 1 is 1.09 bits per heavy atom. The van der Waals surface area contributed by atoms with Gasteiger partial charge >= 0.3 is 0 Å². The Hall–Kier alpha value is -2.55. The molecule has 0 saturated carbocycles. The number of carbonyl (C=O) groups excluding carboxylic acids is 1. The normalized spacial score (nSPS) is 10.8. The monoisotopic (exact) mass is 292 g/mol. The van der Waals surface area contributed by atoms with Gasteiger partial charge in [0, 0.05) is 17.4 Å². The molecule has 22 heavy (non-hydrogen) atoms. The third-order valence-electron chi connectivity index (χ3n) is 3.98. The van der Waals surface area contributed by atoms with Crippen molar-refractivity contribution in [3.63, 3.8) is 0 Å². The van der Waals surface area contributed by atoms with Gasteiger partial charge in [-0.2, -0.15) is 0 Å². The van der Waals surface area contributed by atoms with Crippen LogP contribution in [0.1, 0.15) is 27.2 Å². The maximum atomic E-state index is 12.4. The van der Waals surface area contributed by atoms with Crippen LogP contribution in [0.3, 0.4) is 0 Å². The van der Waals surface area contributed by atoms with E-state index in [2.05, 4.69) is 47.6 Å². The lowest BCUT2D eigenvalue weighted by Crippen LogP contribution is -2.26. The summed E-state index contributed by atoms with van der Waals surface area (Å²) < 4.78 is 0. The molecular formula is C19H20N2O. The van der Waals surface area contributed by atoms with Gasteiger partial charge in [0.2, 0.25) is 0 Å². The van der Waals surface area contributed by atoms with Crippen LogP contribution in [0.15, 0.2) is 48.5 Å². The van der Waals surface area contributed by atoms with Crippen molar-refractivity contribution in [1.82, 2.24) is 10.3 Å². The smallest absolute Gasteiger partial charge is 0.268 e. The summed E-state index contributed by atoms with van der Waals surface area (Å²) in [6.07, 6.45) is 0.838. The van der Waals surface area contributed by atoms with E-state index in [9.17, 15) is 4.79 Å². The summed E-state index contributed by atoms with van der Waals surface area (Å²) >= 11 is 0. The second-order valence-electron chi connectivity index (χ2n) is 5.67. The molecule has 0 fully saturated rings. The van der Waals surface area contributed by atoms with Crippen molar-refractivity contribution < 1.29 is 4.79 Å². The molecule has 3 rings (SSSR count). The number of carbonyl (C=O) groups is 1. The molecule has 0 spiro atoms. The quantitative estimate of drug-likeness (QED) is 0.755. The Bertz CT molecular complexity index is 803. The molecule has 112 valence electrons. The maximum absolute atomic E-state index is 12.4. The fourth-order valence-electron chi connectivity index (χ4n) is 2.73. The summed E-state index contributed by atoms with van der Waals surface area (Å²) in [5.41, 5.74) is 5.10. The summed E-state index contributed by atoms with van der Waals surface area (Å²) in [4.78, 5) is 15.6. The highest BCUT2D eigenvalue weighted by atomic mass is 16.1. The van der Waals surface area contributed by atoms with Crippen LogP contribution in [0.5, 0.6) is 0 Å². The number of hydrogen-bond donors (Lipinski definition) is 2. The number of nitrogens with one attached hydrogen (secondary N) is 2. The molecule has 0 aliphatic carbocycles. The number of aromatic nitrogens is 1. The summed E-state index contributed by atoms with van der Waals surface area (Å²) in [7, 11) is 0. The fourth-order valence-corrected chi connectivity index (χ4v) is 2.73. The van der Waals surface area contributed by atoms with Crippen LogP contribution in [0.25, 0.3) is 10.9 Å². The number of aromatic amines is 1. The van der Waals surface area contributed by atoms with E-state index in [1.54, 1.807) is 0 Å². The van der Waals surface area contributed by atoms with E-state index in [4.69, 9.17) is 0 Å². The first-order valence-corrected chi connectivity index (χ1v) is 7.56. The summed E-state index contributed by atoms with van der Waals surface area (Å²) in [6.45, 7) is 4.67. The Morgan fingerprint density at radius 3 is 2.64 bits per heavy atom. The lowest BCUT2D eigenvalue weighted by atomic mass is 10.1. The fraction of sp³-hybridized carbons (Fsp3) is 0.211. The summed E-state index contributed by atoms with van der Waals surface area (Å²) in [6, 6.07) is 16.4. The molecule has 0 unspecified atom stereocenters. The summed E-state index contributed by atoms with van der Waals surface area (Å²) in [5.74, 6) is -0.0396. The summed E-state index contributed by atoms with van der Waals surface area (Å²) in [5, 5.41) is 4.10. The number of rotatable bonds is 4. The maximum Gasteiger partial charge on any atom is 0.268 e. The molecule has 1 aromatic heterocycles. The van der Waals surface area contributed by atoms with E-state index in [0.717, 1.165) is 22.9 Å². The molecule has 1 amide bonds. The second kappa shape index (κ2) is 6.06. The van der Waals surface area contributed by atoms with Crippen LogP contribution in [0.4, 0.5) is 0 Å². The number of H-pyrrole nitrogens is 1. The van der Waals surface area contributed by atoms with E-state index in [0.29, 0.717) is 12.2 Å². The molecule has 0 saturated heterocycles. The molecule has 3 aromatic rings. The molecule has 3 nitrogen and oxygen atoms in total. The van der Waals surface area contributed by atoms with Crippen LogP contribution in [0.2, 0.25) is 0 Å². The zero-order valence-electron chi connectivity index (χ0n) is 12.9. The second-order valence-corrected chi connectivity index (χ2v) is 5.67. The van der Waals surface area contributed by atoms with Crippen molar-refractivity contribution in [2.45, 2.75) is 20.3 Å². The van der Waals surface area contributed by atoms with Gasteiger partial charge in [0.05, 0.1) is 0 Å². The van der Waals surface area contributed by atoms with Crippen LogP contribution in [0, 0.1) is 13.8 Å². The highest BCUT2D eigenvalue weighted by Crippen LogP contribution is 2.22. The van der Waals surface area contributed by atoms with Crippen molar-refractivity contribution >= 4 is 16.8 Å². The Balaban J connectivity index is 1.71. The molecule has 1 heterocycles. The Morgan fingerprint density at radius 2 is 1.86 bits per heavy atom. The van der Waals surface area contributed by atoms with E-state index >= 15 is 0 Å². The van der Waals surface area contributed by atoms with Gasteiger partial charge in [0.1, 0.15) is 5.69 Å². The molecule has 2 N–H and O–H groups in total. The van der Waals surface area contributed by atoms with Crippen LogP contribution >= 0.6 is 0 Å². The number of amides is 1. The van der Waals surface area contributed by atoms with Gasteiger partial charge in [-0.25, -0.2) is 0 Å². The minimum atomic E-state index is -0.0396. The molecule has 0 atom stereocenters.